The molecule has 0 unspecified atom stereocenters. The van der Waals surface area contributed by atoms with Crippen molar-refractivity contribution in [2.45, 2.75) is 45.4 Å². The van der Waals surface area contributed by atoms with Gasteiger partial charge in [0.25, 0.3) is 0 Å². The quantitative estimate of drug-likeness (QED) is 0.617. The highest BCUT2D eigenvalue weighted by Crippen LogP contribution is 2.17. The van der Waals surface area contributed by atoms with Gasteiger partial charge in [0.2, 0.25) is 0 Å². The van der Waals surface area contributed by atoms with Crippen LogP contribution in [0.4, 0.5) is 0 Å². The van der Waals surface area contributed by atoms with E-state index in [2.05, 4.69) is 19.6 Å². The minimum absolute atomic E-state index is 0.907. The van der Waals surface area contributed by atoms with Crippen molar-refractivity contribution >= 4 is 0 Å². The number of hydrogen-bond donors (Lipinski definition) is 0. The Morgan fingerprint density at radius 3 is 3.14 bits per heavy atom. The summed E-state index contributed by atoms with van der Waals surface area (Å²) >= 11 is 0. The first-order valence-electron chi connectivity index (χ1n) is 5.69. The van der Waals surface area contributed by atoms with Crippen molar-refractivity contribution in [2.75, 3.05) is 13.2 Å². The molecule has 0 saturated heterocycles. The molecule has 0 aliphatic carbocycles. The molecule has 14 heavy (non-hydrogen) atoms. The lowest BCUT2D eigenvalue weighted by Gasteiger charge is -2.11. The van der Waals surface area contributed by atoms with Crippen molar-refractivity contribution in [1.82, 2.24) is 0 Å². The average molecular weight is 194 g/mol. The van der Waals surface area contributed by atoms with Gasteiger partial charge in [-0.05, 0) is 45.4 Å². The van der Waals surface area contributed by atoms with Gasteiger partial charge < -0.3 is 4.74 Å². The van der Waals surface area contributed by atoms with Crippen LogP contribution < -0.4 is 0 Å². The summed E-state index contributed by atoms with van der Waals surface area (Å²) in [6.45, 7) is 7.89. The Hall–Kier alpha value is -0.560. The van der Waals surface area contributed by atoms with Crippen molar-refractivity contribution in [3.8, 4) is 0 Å². The van der Waals surface area contributed by atoms with Gasteiger partial charge in [-0.2, -0.15) is 0 Å². The van der Waals surface area contributed by atoms with Crippen LogP contribution in [-0.2, 0) is 4.74 Å². The van der Waals surface area contributed by atoms with Gasteiger partial charge in [0.15, 0.2) is 0 Å². The molecule has 0 bridgehead atoms. The summed E-state index contributed by atoms with van der Waals surface area (Å²) in [6, 6.07) is 0. The average Bonchev–Trinajstić information content (AvgIpc) is 2.07. The number of rotatable bonds is 4. The minimum atomic E-state index is 0.907. The summed E-state index contributed by atoms with van der Waals surface area (Å²) in [6.07, 6.45) is 9.60. The van der Waals surface area contributed by atoms with Crippen molar-refractivity contribution in [2.24, 2.45) is 0 Å². The van der Waals surface area contributed by atoms with E-state index in [1.165, 1.54) is 37.7 Å². The van der Waals surface area contributed by atoms with Gasteiger partial charge in [0.1, 0.15) is 0 Å². The molecule has 1 heterocycles. The van der Waals surface area contributed by atoms with Crippen molar-refractivity contribution in [1.29, 1.82) is 0 Å². The van der Waals surface area contributed by atoms with Crippen molar-refractivity contribution < 1.29 is 4.74 Å². The standard InChI is InChI=1S/C13H22O/c1-12(2)6-3-7-13-8-4-10-14-11-5-9-13/h8H,1,3-7,9-11H2,2H3. The molecule has 0 saturated carbocycles. The summed E-state index contributed by atoms with van der Waals surface area (Å²) in [5.41, 5.74) is 2.94. The van der Waals surface area contributed by atoms with E-state index in [0.717, 1.165) is 19.6 Å². The van der Waals surface area contributed by atoms with Crippen LogP contribution in [0, 0.1) is 0 Å². The molecule has 1 heteroatoms. The first kappa shape index (κ1) is 11.5. The van der Waals surface area contributed by atoms with E-state index in [0.29, 0.717) is 0 Å². The molecule has 80 valence electrons. The fourth-order valence-corrected chi connectivity index (χ4v) is 1.80. The van der Waals surface area contributed by atoms with E-state index >= 15 is 0 Å². The Bertz CT molecular complexity index is 203. The predicted molar refractivity (Wildman–Crippen MR) is 61.4 cm³/mol. The van der Waals surface area contributed by atoms with Gasteiger partial charge >= 0.3 is 0 Å². The van der Waals surface area contributed by atoms with Crippen LogP contribution in [0.3, 0.4) is 0 Å². The smallest absolute Gasteiger partial charge is 0.0500 e. The van der Waals surface area contributed by atoms with Gasteiger partial charge in [-0.25, -0.2) is 0 Å². The van der Waals surface area contributed by atoms with E-state index < -0.39 is 0 Å². The predicted octanol–water partition coefficient (Wildman–Crippen LogP) is 3.86. The largest absolute Gasteiger partial charge is 0.381 e. The van der Waals surface area contributed by atoms with Crippen LogP contribution in [-0.4, -0.2) is 13.2 Å². The molecule has 0 aromatic rings. The molecule has 1 aliphatic rings. The molecule has 0 radical (unpaired) electrons. The highest BCUT2D eigenvalue weighted by molar-refractivity contribution is 5.03. The van der Waals surface area contributed by atoms with Crippen LogP contribution in [0.1, 0.15) is 45.4 Å². The highest BCUT2D eigenvalue weighted by Gasteiger charge is 2.01. The maximum atomic E-state index is 5.41. The zero-order chi connectivity index (χ0) is 10.2. The van der Waals surface area contributed by atoms with Crippen molar-refractivity contribution in [3.63, 3.8) is 0 Å². The second kappa shape index (κ2) is 6.83. The maximum Gasteiger partial charge on any atom is 0.0500 e. The molecule has 1 nitrogen and oxygen atoms in total. The summed E-state index contributed by atoms with van der Waals surface area (Å²) in [7, 11) is 0. The highest BCUT2D eigenvalue weighted by atomic mass is 16.5. The molecule has 1 aliphatic heterocycles. The SMILES string of the molecule is C=C(C)CCCC1=CCCOCCC1. The van der Waals surface area contributed by atoms with Crippen LogP contribution in [0.2, 0.25) is 0 Å². The van der Waals surface area contributed by atoms with E-state index in [9.17, 15) is 0 Å². The Kier molecular flexibility index (Phi) is 5.62. The third-order valence-electron chi connectivity index (χ3n) is 2.58. The molecule has 0 atom stereocenters. The fourth-order valence-electron chi connectivity index (χ4n) is 1.80. The third kappa shape index (κ3) is 5.23. The van der Waals surface area contributed by atoms with Gasteiger partial charge in [0.05, 0.1) is 6.61 Å². The monoisotopic (exact) mass is 194 g/mol. The normalized spacial score (nSPS) is 18.2. The Labute approximate surface area is 87.8 Å². The van der Waals surface area contributed by atoms with Crippen LogP contribution in [0.15, 0.2) is 23.8 Å². The molecule has 0 amide bonds. The fraction of sp³-hybridized carbons (Fsp3) is 0.692. The van der Waals surface area contributed by atoms with E-state index in [-0.39, 0.29) is 0 Å². The minimum Gasteiger partial charge on any atom is -0.381 e. The topological polar surface area (TPSA) is 9.23 Å². The summed E-state index contributed by atoms with van der Waals surface area (Å²) in [4.78, 5) is 0. The lowest BCUT2D eigenvalue weighted by atomic mass is 10.0. The molecule has 0 fully saturated rings. The zero-order valence-electron chi connectivity index (χ0n) is 9.35. The Morgan fingerprint density at radius 1 is 1.50 bits per heavy atom. The second-order valence-electron chi connectivity index (χ2n) is 4.18. The maximum absolute atomic E-state index is 5.41. The molecule has 0 N–H and O–H groups in total. The summed E-state index contributed by atoms with van der Waals surface area (Å²) < 4.78 is 5.41. The molecular formula is C13H22O. The first-order valence-corrected chi connectivity index (χ1v) is 5.69. The third-order valence-corrected chi connectivity index (χ3v) is 2.58. The van der Waals surface area contributed by atoms with E-state index in [4.69, 9.17) is 4.74 Å². The van der Waals surface area contributed by atoms with Crippen LogP contribution >= 0.6 is 0 Å². The summed E-state index contributed by atoms with van der Waals surface area (Å²) in [5.74, 6) is 0. The number of ether oxygens (including phenoxy) is 1. The van der Waals surface area contributed by atoms with Gasteiger partial charge in [-0.3, -0.25) is 0 Å². The lowest BCUT2D eigenvalue weighted by Crippen LogP contribution is -2.01. The van der Waals surface area contributed by atoms with Crippen LogP contribution in [0.25, 0.3) is 0 Å². The van der Waals surface area contributed by atoms with Gasteiger partial charge in [-0.15, -0.1) is 6.58 Å². The van der Waals surface area contributed by atoms with E-state index in [1.54, 1.807) is 5.57 Å². The lowest BCUT2D eigenvalue weighted by molar-refractivity contribution is 0.133. The molecule has 0 spiro atoms. The molecule has 0 aromatic carbocycles. The van der Waals surface area contributed by atoms with E-state index in [1.807, 2.05) is 0 Å². The Balaban J connectivity index is 2.22. The molecular weight excluding hydrogens is 172 g/mol. The molecule has 0 aromatic heterocycles. The molecule has 1 rings (SSSR count). The van der Waals surface area contributed by atoms with Gasteiger partial charge in [0, 0.05) is 6.61 Å². The number of allylic oxidation sites excluding steroid dienone is 2. The zero-order valence-corrected chi connectivity index (χ0v) is 9.35. The van der Waals surface area contributed by atoms with Crippen molar-refractivity contribution in [3.05, 3.63) is 23.8 Å². The Morgan fingerprint density at radius 2 is 2.36 bits per heavy atom. The second-order valence-corrected chi connectivity index (χ2v) is 4.18. The first-order chi connectivity index (χ1) is 6.79. The van der Waals surface area contributed by atoms with Gasteiger partial charge in [-0.1, -0.05) is 17.2 Å². The van der Waals surface area contributed by atoms with Crippen LogP contribution in [0.5, 0.6) is 0 Å². The number of hydrogen-bond acceptors (Lipinski definition) is 1. The summed E-state index contributed by atoms with van der Waals surface area (Å²) in [5, 5.41) is 0.